The molecule has 9 heavy (non-hydrogen) atoms. The number of rotatable bonds is 0. The second kappa shape index (κ2) is 8.93. The van der Waals surface area contributed by atoms with Gasteiger partial charge in [-0.15, -0.1) is 37.2 Å². The molecule has 54 valence electrons. The summed E-state index contributed by atoms with van der Waals surface area (Å²) in [6.07, 6.45) is 7.47. The molecule has 0 fully saturated rings. The minimum atomic E-state index is 0. The summed E-state index contributed by atoms with van der Waals surface area (Å²) in [6.45, 7) is 0. The van der Waals surface area contributed by atoms with Gasteiger partial charge in [0.2, 0.25) is 0 Å². The van der Waals surface area contributed by atoms with Crippen molar-refractivity contribution in [2.24, 2.45) is 0 Å². The van der Waals surface area contributed by atoms with Crippen LogP contribution in [0.1, 0.15) is 6.42 Å². The van der Waals surface area contributed by atoms with E-state index >= 15 is 0 Å². The first-order valence-corrected chi connectivity index (χ1v) is 2.64. The van der Waals surface area contributed by atoms with Crippen molar-refractivity contribution in [1.82, 2.24) is 0 Å². The van der Waals surface area contributed by atoms with E-state index in [1.165, 1.54) is 4.28 Å². The van der Waals surface area contributed by atoms with E-state index in [0.717, 1.165) is 6.42 Å². The van der Waals surface area contributed by atoms with Gasteiger partial charge in [-0.3, -0.25) is 0 Å². The Balaban J connectivity index is -0.000000120. The summed E-state index contributed by atoms with van der Waals surface area (Å²) in [5.74, 6) is 0. The van der Waals surface area contributed by atoms with Crippen molar-refractivity contribution in [2.75, 3.05) is 0 Å². The van der Waals surface area contributed by atoms with Crippen LogP contribution in [0.5, 0.6) is 0 Å². The Morgan fingerprint density at radius 2 is 1.78 bits per heavy atom. The van der Waals surface area contributed by atoms with Gasteiger partial charge < -0.3 is 0 Å². The topological polar surface area (TPSA) is 0 Å². The van der Waals surface area contributed by atoms with Crippen LogP contribution in [0.15, 0.2) is 22.5 Å². The molecule has 0 spiro atoms. The van der Waals surface area contributed by atoms with Crippen LogP contribution >= 0.6 is 37.2 Å². The second-order valence-electron chi connectivity index (χ2n) is 1.29. The van der Waals surface area contributed by atoms with E-state index in [9.17, 15) is 0 Å². The van der Waals surface area contributed by atoms with E-state index < -0.39 is 0 Å². The van der Waals surface area contributed by atoms with Gasteiger partial charge in [0, 0.05) is 0 Å². The molecule has 1 aliphatic rings. The summed E-state index contributed by atoms with van der Waals surface area (Å²) >= 11 is 2.54. The third-order valence-corrected chi connectivity index (χ3v) is 1.27. The Morgan fingerprint density at radius 3 is 1.89 bits per heavy atom. The van der Waals surface area contributed by atoms with E-state index in [1.54, 1.807) is 0 Å². The second-order valence-corrected chi connectivity index (χ2v) is 2.19. The Bertz CT molecular complexity index is 109. The molecule has 0 aliphatic heterocycles. The zero-order valence-electron chi connectivity index (χ0n) is 4.61. The van der Waals surface area contributed by atoms with Gasteiger partial charge in [-0.05, 0) is 0 Å². The van der Waals surface area contributed by atoms with Crippen molar-refractivity contribution in [2.45, 2.75) is 6.42 Å². The van der Waals surface area contributed by atoms with Crippen molar-refractivity contribution in [3.8, 4) is 0 Å². The average Bonchev–Trinajstić information content (AvgIpc) is 1.86. The van der Waals surface area contributed by atoms with Gasteiger partial charge in [-0.25, -0.2) is 0 Å². The molecule has 0 nitrogen and oxygen atoms in total. The fourth-order valence-corrected chi connectivity index (χ4v) is 0.735. The summed E-state index contributed by atoms with van der Waals surface area (Å²) in [7, 11) is 0. The van der Waals surface area contributed by atoms with Crippen LogP contribution in [0.25, 0.3) is 0 Å². The van der Waals surface area contributed by atoms with Crippen molar-refractivity contribution in [1.29, 1.82) is 0 Å². The maximum atomic E-state index is 2.54. The van der Waals surface area contributed by atoms with Crippen LogP contribution in [0, 0.1) is 0 Å². The Labute approximate surface area is 83.4 Å². The zero-order chi connectivity index (χ0) is 4.41. The molecule has 0 amide bonds. The van der Waals surface area contributed by atoms with E-state index in [1.807, 2.05) is 0 Å². The van der Waals surface area contributed by atoms with E-state index in [2.05, 4.69) is 35.7 Å². The summed E-state index contributed by atoms with van der Waals surface area (Å²) in [6, 6.07) is 0. The van der Waals surface area contributed by atoms with Gasteiger partial charge in [-0.1, -0.05) is 0 Å². The molecule has 0 aromatic carbocycles. The Morgan fingerprint density at radius 1 is 1.22 bits per heavy atom. The van der Waals surface area contributed by atoms with E-state index in [-0.39, 0.29) is 37.2 Å². The number of hydrogen-bond donors (Lipinski definition) is 0. The first-order valence-electron chi connectivity index (χ1n) is 1.94. The normalized spacial score (nSPS) is 12.2. The van der Waals surface area contributed by atoms with Crippen molar-refractivity contribution in [3.05, 3.63) is 22.5 Å². The van der Waals surface area contributed by atoms with Crippen LogP contribution in [0.4, 0.5) is 0 Å². The molecule has 0 radical (unpaired) electrons. The predicted octanol–water partition coefficient (Wildman–Crippen LogP) is 2.64. The van der Waals surface area contributed by atoms with Gasteiger partial charge in [0.15, 0.2) is 0 Å². The van der Waals surface area contributed by atoms with Crippen LogP contribution < -0.4 is 0 Å². The summed E-state index contributed by atoms with van der Waals surface area (Å²) < 4.78 is 1.41. The van der Waals surface area contributed by atoms with Gasteiger partial charge >= 0.3 is 46.4 Å². The van der Waals surface area contributed by atoms with Crippen LogP contribution in [0.2, 0.25) is 0 Å². The molecule has 0 unspecified atom stereocenters. The molecule has 0 N–H and O–H groups in total. The van der Waals surface area contributed by atoms with Gasteiger partial charge in [0.25, 0.3) is 0 Å². The molecule has 0 atom stereocenters. The van der Waals surface area contributed by atoms with Crippen molar-refractivity contribution >= 4 is 37.2 Å². The zero-order valence-corrected chi connectivity index (χ0v) is 8.46. The molecule has 0 heterocycles. The SMILES string of the molecule is Cl.Cl.Cl.[V][C]1=CC=CC1. The summed E-state index contributed by atoms with van der Waals surface area (Å²) in [5, 5.41) is 0. The van der Waals surface area contributed by atoms with Crippen molar-refractivity contribution in [3.63, 3.8) is 0 Å². The van der Waals surface area contributed by atoms with Crippen molar-refractivity contribution < 1.29 is 17.4 Å². The van der Waals surface area contributed by atoms with Gasteiger partial charge in [-0.2, -0.15) is 0 Å². The predicted molar refractivity (Wildman–Crippen MR) is 43.6 cm³/mol. The van der Waals surface area contributed by atoms with E-state index in [4.69, 9.17) is 0 Å². The number of hydrogen-bond acceptors (Lipinski definition) is 0. The fraction of sp³-hybridized carbons (Fsp3) is 0.200. The molecule has 0 bridgehead atoms. The summed E-state index contributed by atoms with van der Waals surface area (Å²) in [4.78, 5) is 0. The molecule has 4 heteroatoms. The van der Waals surface area contributed by atoms with Gasteiger partial charge in [0.1, 0.15) is 0 Å². The molecule has 0 aromatic rings. The molecule has 0 saturated carbocycles. The van der Waals surface area contributed by atoms with Gasteiger partial charge in [0.05, 0.1) is 0 Å². The maximum absolute atomic E-state index is 2.54. The van der Waals surface area contributed by atoms with Crippen LogP contribution in [-0.4, -0.2) is 0 Å². The van der Waals surface area contributed by atoms with Crippen LogP contribution in [-0.2, 0) is 17.4 Å². The molecule has 0 saturated heterocycles. The van der Waals surface area contributed by atoms with E-state index in [0.29, 0.717) is 0 Å². The number of halogens is 3. The fourth-order valence-electron chi connectivity index (χ4n) is 0.436. The Kier molecular flexibility index (Phi) is 16.4. The quantitative estimate of drug-likeness (QED) is 0.594. The number of allylic oxidation sites excluding steroid dienone is 4. The minimum absolute atomic E-state index is 0. The third-order valence-electron chi connectivity index (χ3n) is 0.752. The molecular weight excluding hydrogens is 217 g/mol. The standard InChI is InChI=1S/C5H5.3ClH.V/c1-2-4-5-3-1;;;;/h1-3H,4H2;3*1H;. The monoisotopic (exact) mass is 224 g/mol. The third kappa shape index (κ3) is 6.82. The molecule has 1 aliphatic carbocycles. The first-order chi connectivity index (χ1) is 2.89. The Hall–Kier alpha value is 0.934. The molecule has 0 aromatic heterocycles. The molecule has 1 rings (SSSR count). The average molecular weight is 225 g/mol. The van der Waals surface area contributed by atoms with Crippen LogP contribution in [0.3, 0.4) is 0 Å². The summed E-state index contributed by atoms with van der Waals surface area (Å²) in [5.41, 5.74) is 0. The first kappa shape index (κ1) is 16.5. The molecular formula is C5H8Cl3V.